The number of carbonyl (C=O) groups is 2. The maximum absolute atomic E-state index is 11.1. The van der Waals surface area contributed by atoms with Gasteiger partial charge < -0.3 is 29.2 Å². The monoisotopic (exact) mass is 292 g/mol. The second kappa shape index (κ2) is 9.16. The Balaban J connectivity index is 0.00000172. The first-order valence-corrected chi connectivity index (χ1v) is 6.06. The van der Waals surface area contributed by atoms with Gasteiger partial charge in [0, 0.05) is 13.5 Å². The van der Waals surface area contributed by atoms with Crippen LogP contribution in [0.15, 0.2) is 11.5 Å². The lowest BCUT2D eigenvalue weighted by Crippen LogP contribution is -2.29. The summed E-state index contributed by atoms with van der Waals surface area (Å²) in [7, 11) is 2.45. The molecule has 116 valence electrons. The number of aliphatic hydroxyl groups excluding tert-OH is 2. The predicted octanol–water partition coefficient (Wildman–Crippen LogP) is 0.818. The summed E-state index contributed by atoms with van der Waals surface area (Å²) < 4.78 is 18.8. The molecular formula is C12H20O8. The van der Waals surface area contributed by atoms with Crippen LogP contribution in [0.3, 0.4) is 0 Å². The van der Waals surface area contributed by atoms with E-state index in [9.17, 15) is 14.7 Å². The van der Waals surface area contributed by atoms with Crippen LogP contribution in [0.1, 0.15) is 20.3 Å². The van der Waals surface area contributed by atoms with Crippen LogP contribution in [0.5, 0.6) is 0 Å². The molecule has 1 heterocycles. The van der Waals surface area contributed by atoms with E-state index < -0.39 is 35.9 Å². The van der Waals surface area contributed by atoms with Crippen LogP contribution >= 0.6 is 0 Å². The normalized spacial score (nSPS) is 19.0. The standard InChI is InChI=1S/C10H14O8.C2H6/c1-15-9(14)10(16-2)17-4-3-5-6(11)7(12)8(13)18-5;1-2/h5,10-12H,3-4H2,1-2H3;1-2H3. The molecule has 0 bridgehead atoms. The molecule has 0 aromatic heterocycles. The molecule has 0 aliphatic carbocycles. The van der Waals surface area contributed by atoms with Gasteiger partial charge in [-0.05, 0) is 0 Å². The second-order valence-electron chi connectivity index (χ2n) is 3.38. The molecule has 8 heteroatoms. The van der Waals surface area contributed by atoms with Crippen molar-refractivity contribution in [2.24, 2.45) is 0 Å². The topological polar surface area (TPSA) is 112 Å². The molecule has 0 amide bonds. The van der Waals surface area contributed by atoms with Gasteiger partial charge in [0.25, 0.3) is 6.29 Å². The third kappa shape index (κ3) is 4.71. The summed E-state index contributed by atoms with van der Waals surface area (Å²) in [6.45, 7) is 3.96. The van der Waals surface area contributed by atoms with Gasteiger partial charge in [-0.2, -0.15) is 0 Å². The molecule has 2 unspecified atom stereocenters. The van der Waals surface area contributed by atoms with Crippen LogP contribution in [0.25, 0.3) is 0 Å². The number of carbonyl (C=O) groups excluding carboxylic acids is 2. The summed E-state index contributed by atoms with van der Waals surface area (Å²) in [5, 5.41) is 18.3. The highest BCUT2D eigenvalue weighted by Crippen LogP contribution is 2.21. The second-order valence-corrected chi connectivity index (χ2v) is 3.38. The largest absolute Gasteiger partial charge is 0.505 e. The Morgan fingerprint density at radius 2 is 1.95 bits per heavy atom. The van der Waals surface area contributed by atoms with Crippen LogP contribution in [0.2, 0.25) is 0 Å². The molecule has 0 spiro atoms. The van der Waals surface area contributed by atoms with Gasteiger partial charge in [-0.1, -0.05) is 13.8 Å². The molecule has 0 radical (unpaired) electrons. The summed E-state index contributed by atoms with van der Waals surface area (Å²) in [6.07, 6.45) is -2.10. The fraction of sp³-hybridized carbons (Fsp3) is 0.667. The minimum Gasteiger partial charge on any atom is -0.505 e. The van der Waals surface area contributed by atoms with E-state index in [0.29, 0.717) is 0 Å². The molecule has 8 nitrogen and oxygen atoms in total. The van der Waals surface area contributed by atoms with Crippen LogP contribution in [-0.4, -0.2) is 55.4 Å². The van der Waals surface area contributed by atoms with E-state index in [1.807, 2.05) is 13.8 Å². The molecule has 0 saturated heterocycles. The quantitative estimate of drug-likeness (QED) is 0.546. The summed E-state index contributed by atoms with van der Waals surface area (Å²) in [4.78, 5) is 22.0. The van der Waals surface area contributed by atoms with Crippen molar-refractivity contribution in [2.75, 3.05) is 20.8 Å². The van der Waals surface area contributed by atoms with Gasteiger partial charge in [-0.15, -0.1) is 0 Å². The summed E-state index contributed by atoms with van der Waals surface area (Å²) in [6, 6.07) is 0. The zero-order valence-electron chi connectivity index (χ0n) is 11.9. The van der Waals surface area contributed by atoms with Gasteiger partial charge in [-0.3, -0.25) is 0 Å². The highest BCUT2D eigenvalue weighted by atomic mass is 16.7. The van der Waals surface area contributed by atoms with Crippen LogP contribution < -0.4 is 0 Å². The first-order chi connectivity index (χ1) is 9.51. The lowest BCUT2D eigenvalue weighted by molar-refractivity contribution is -0.187. The number of ether oxygens (including phenoxy) is 4. The smallest absolute Gasteiger partial charge is 0.377 e. The van der Waals surface area contributed by atoms with E-state index in [2.05, 4.69) is 9.47 Å². The van der Waals surface area contributed by atoms with Crippen LogP contribution in [0, 0.1) is 0 Å². The maximum Gasteiger partial charge on any atom is 0.377 e. The Bertz CT molecular complexity index is 362. The van der Waals surface area contributed by atoms with Crippen LogP contribution in [0.4, 0.5) is 0 Å². The minimum absolute atomic E-state index is 0.0388. The first kappa shape index (κ1) is 18.2. The Morgan fingerprint density at radius 3 is 2.35 bits per heavy atom. The van der Waals surface area contributed by atoms with E-state index >= 15 is 0 Å². The molecule has 1 aliphatic rings. The van der Waals surface area contributed by atoms with Gasteiger partial charge in [0.2, 0.25) is 5.76 Å². The molecule has 0 fully saturated rings. The highest BCUT2D eigenvalue weighted by Gasteiger charge is 2.34. The Labute approximate surface area is 116 Å². The average molecular weight is 292 g/mol. The van der Waals surface area contributed by atoms with Gasteiger partial charge in [-0.25, -0.2) is 9.59 Å². The van der Waals surface area contributed by atoms with E-state index in [4.69, 9.17) is 14.6 Å². The summed E-state index contributed by atoms with van der Waals surface area (Å²) in [5.74, 6) is -3.05. The van der Waals surface area contributed by atoms with Crippen molar-refractivity contribution in [1.29, 1.82) is 0 Å². The number of aliphatic hydroxyl groups is 2. The van der Waals surface area contributed by atoms with Gasteiger partial charge in [0.15, 0.2) is 11.9 Å². The molecule has 20 heavy (non-hydrogen) atoms. The molecule has 0 aromatic carbocycles. The maximum atomic E-state index is 11.1. The molecular weight excluding hydrogens is 272 g/mol. The van der Waals surface area contributed by atoms with Crippen molar-refractivity contribution >= 4 is 11.9 Å². The number of hydrogen-bond donors (Lipinski definition) is 2. The number of esters is 2. The Morgan fingerprint density at radius 1 is 1.35 bits per heavy atom. The lowest BCUT2D eigenvalue weighted by Gasteiger charge is -2.15. The number of methoxy groups -OCH3 is 2. The summed E-state index contributed by atoms with van der Waals surface area (Å²) >= 11 is 0. The van der Waals surface area contributed by atoms with E-state index in [-0.39, 0.29) is 13.0 Å². The fourth-order valence-electron chi connectivity index (χ4n) is 1.30. The summed E-state index contributed by atoms with van der Waals surface area (Å²) in [5.41, 5.74) is 0. The van der Waals surface area contributed by atoms with Crippen molar-refractivity contribution in [1.82, 2.24) is 0 Å². The van der Waals surface area contributed by atoms with E-state index in [1.54, 1.807) is 0 Å². The van der Waals surface area contributed by atoms with E-state index in [0.717, 1.165) is 0 Å². The molecule has 2 N–H and O–H groups in total. The van der Waals surface area contributed by atoms with Crippen molar-refractivity contribution in [3.05, 3.63) is 11.5 Å². The van der Waals surface area contributed by atoms with Crippen molar-refractivity contribution in [3.63, 3.8) is 0 Å². The fourth-order valence-corrected chi connectivity index (χ4v) is 1.30. The molecule has 1 rings (SSSR count). The zero-order chi connectivity index (χ0) is 15.7. The number of hydrogen-bond acceptors (Lipinski definition) is 8. The first-order valence-electron chi connectivity index (χ1n) is 6.06. The van der Waals surface area contributed by atoms with Gasteiger partial charge in [0.1, 0.15) is 0 Å². The Kier molecular flexibility index (Phi) is 8.33. The molecule has 2 atom stereocenters. The van der Waals surface area contributed by atoms with Crippen molar-refractivity contribution < 1.29 is 38.7 Å². The van der Waals surface area contributed by atoms with Gasteiger partial charge >= 0.3 is 11.9 Å². The van der Waals surface area contributed by atoms with Crippen molar-refractivity contribution in [3.8, 4) is 0 Å². The van der Waals surface area contributed by atoms with Crippen molar-refractivity contribution in [2.45, 2.75) is 32.7 Å². The third-order valence-corrected chi connectivity index (χ3v) is 2.25. The molecule has 0 aromatic rings. The average Bonchev–Trinajstić information content (AvgIpc) is 2.72. The molecule has 0 saturated carbocycles. The third-order valence-electron chi connectivity index (χ3n) is 2.25. The predicted molar refractivity (Wildman–Crippen MR) is 66.9 cm³/mol. The van der Waals surface area contributed by atoms with E-state index in [1.165, 1.54) is 14.2 Å². The Hall–Kier alpha value is -1.80. The zero-order valence-corrected chi connectivity index (χ0v) is 11.9. The molecule has 1 aliphatic heterocycles. The lowest BCUT2D eigenvalue weighted by atomic mass is 10.2. The van der Waals surface area contributed by atoms with Gasteiger partial charge in [0.05, 0.1) is 13.7 Å². The van der Waals surface area contributed by atoms with Crippen LogP contribution in [-0.2, 0) is 28.5 Å². The number of cyclic esters (lactones) is 1. The SMILES string of the molecule is CC.COC(=O)C(OC)OCCC1OC(=O)C(O)=C1O. The minimum atomic E-state index is -1.19. The highest BCUT2D eigenvalue weighted by molar-refractivity contribution is 5.88. The number of rotatable bonds is 6.